The highest BCUT2D eigenvalue weighted by atomic mass is 32.2. The second kappa shape index (κ2) is 6.95. The third-order valence-corrected chi connectivity index (χ3v) is 5.39. The fraction of sp³-hybridized carbons (Fsp3) is 0.278. The van der Waals surface area contributed by atoms with Crippen LogP contribution in [0.2, 0.25) is 0 Å². The second-order valence-electron chi connectivity index (χ2n) is 6.18. The van der Waals surface area contributed by atoms with Crippen LogP contribution in [-0.2, 0) is 9.54 Å². The van der Waals surface area contributed by atoms with Gasteiger partial charge >= 0.3 is 6.18 Å². The van der Waals surface area contributed by atoms with Gasteiger partial charge in [0.2, 0.25) is 5.91 Å². The molecule has 1 aromatic heterocycles. The van der Waals surface area contributed by atoms with Gasteiger partial charge in [-0.15, -0.1) is 0 Å². The molecule has 1 N–H and O–H groups in total. The number of benzene rings is 1. The van der Waals surface area contributed by atoms with Gasteiger partial charge in [0.1, 0.15) is 10.6 Å². The Kier molecular flexibility index (Phi) is 4.98. The Morgan fingerprint density at radius 2 is 1.96 bits per heavy atom. The van der Waals surface area contributed by atoms with Crippen LogP contribution in [0.1, 0.15) is 29.8 Å². The first-order valence-electron chi connectivity index (χ1n) is 7.94. The number of carbonyl (C=O) groups excluding carboxylic acids is 1. The van der Waals surface area contributed by atoms with Gasteiger partial charge in [-0.2, -0.15) is 13.2 Å². The summed E-state index contributed by atoms with van der Waals surface area (Å²) < 4.78 is 53.3. The van der Waals surface area contributed by atoms with Crippen LogP contribution in [0.5, 0.6) is 0 Å². The van der Waals surface area contributed by atoms with Crippen molar-refractivity contribution in [2.45, 2.75) is 30.8 Å². The minimum absolute atomic E-state index is 0.206. The first kappa shape index (κ1) is 19.3. The van der Waals surface area contributed by atoms with Crippen LogP contribution in [0.3, 0.4) is 0 Å². The molecule has 2 heterocycles. The molecule has 0 saturated carbocycles. The number of hydrogen-bond acceptors (Lipinski definition) is 4. The smallest absolute Gasteiger partial charge is 0.304 e. The molecule has 27 heavy (non-hydrogen) atoms. The molecule has 1 fully saturated rings. The normalized spacial score (nSPS) is 22.7. The average molecular weight is 397 g/mol. The fourth-order valence-corrected chi connectivity index (χ4v) is 3.78. The van der Waals surface area contributed by atoms with Crippen molar-refractivity contribution in [3.63, 3.8) is 0 Å². The summed E-state index contributed by atoms with van der Waals surface area (Å²) in [6, 6.07) is 5.48. The highest BCUT2D eigenvalue weighted by Crippen LogP contribution is 2.44. The summed E-state index contributed by atoms with van der Waals surface area (Å²) in [6.45, 7) is 3.34. The van der Waals surface area contributed by atoms with Crippen molar-refractivity contribution in [2.75, 3.05) is 0 Å². The van der Waals surface area contributed by atoms with E-state index in [1.54, 1.807) is 26.0 Å². The predicted octanol–water partition coefficient (Wildman–Crippen LogP) is 4.27. The van der Waals surface area contributed by atoms with E-state index in [1.807, 2.05) is 0 Å². The molecule has 0 bridgehead atoms. The number of pyridine rings is 1. The monoisotopic (exact) mass is 397 g/mol. The number of nitrogens with zero attached hydrogens (tertiary/aromatic N) is 2. The van der Waals surface area contributed by atoms with Crippen LogP contribution >= 0.6 is 11.8 Å². The molecule has 2 aromatic rings. The number of amidine groups is 1. The van der Waals surface area contributed by atoms with Gasteiger partial charge in [0.05, 0.1) is 0 Å². The SMILES string of the molecule is Cc1cc(C2(C)SC(=N[C@H](c3ccccc3F)C(F)(F)F)NC2=O)ccn1. The Bertz CT molecular complexity index is 915. The fourth-order valence-electron chi connectivity index (χ4n) is 2.71. The van der Waals surface area contributed by atoms with E-state index in [0.29, 0.717) is 11.3 Å². The average Bonchev–Trinajstić information content (AvgIpc) is 2.88. The molecule has 1 saturated heterocycles. The van der Waals surface area contributed by atoms with Crippen molar-refractivity contribution in [1.82, 2.24) is 10.3 Å². The molecule has 9 heteroatoms. The minimum atomic E-state index is -4.81. The molecule has 1 unspecified atom stereocenters. The van der Waals surface area contributed by atoms with E-state index in [-0.39, 0.29) is 5.17 Å². The summed E-state index contributed by atoms with van der Waals surface area (Å²) in [7, 11) is 0. The van der Waals surface area contributed by atoms with E-state index >= 15 is 0 Å². The van der Waals surface area contributed by atoms with Gasteiger partial charge in [0, 0.05) is 17.5 Å². The van der Waals surface area contributed by atoms with Crippen molar-refractivity contribution >= 4 is 22.8 Å². The molecular formula is C18H15F4N3OS. The summed E-state index contributed by atoms with van der Waals surface area (Å²) in [5, 5.41) is 2.18. The van der Waals surface area contributed by atoms with Crippen LogP contribution in [0, 0.1) is 12.7 Å². The third-order valence-electron chi connectivity index (χ3n) is 4.16. The molecule has 0 spiro atoms. The predicted molar refractivity (Wildman–Crippen MR) is 94.7 cm³/mol. The van der Waals surface area contributed by atoms with Crippen molar-refractivity contribution in [2.24, 2.45) is 4.99 Å². The Morgan fingerprint density at radius 3 is 2.59 bits per heavy atom. The lowest BCUT2D eigenvalue weighted by Crippen LogP contribution is -2.32. The number of amides is 1. The van der Waals surface area contributed by atoms with Crippen molar-refractivity contribution < 1.29 is 22.4 Å². The van der Waals surface area contributed by atoms with E-state index in [4.69, 9.17) is 0 Å². The van der Waals surface area contributed by atoms with E-state index in [9.17, 15) is 22.4 Å². The number of aromatic nitrogens is 1. The first-order chi connectivity index (χ1) is 12.6. The number of carbonyl (C=O) groups is 1. The summed E-state index contributed by atoms with van der Waals surface area (Å²) in [6.07, 6.45) is -3.29. The largest absolute Gasteiger partial charge is 0.415 e. The van der Waals surface area contributed by atoms with E-state index in [2.05, 4.69) is 15.3 Å². The van der Waals surface area contributed by atoms with Gasteiger partial charge in [-0.05, 0) is 37.6 Å². The van der Waals surface area contributed by atoms with E-state index < -0.39 is 34.3 Å². The topological polar surface area (TPSA) is 54.4 Å². The third kappa shape index (κ3) is 3.83. The lowest BCUT2D eigenvalue weighted by atomic mass is 10.00. The van der Waals surface area contributed by atoms with E-state index in [0.717, 1.165) is 23.9 Å². The minimum Gasteiger partial charge on any atom is -0.304 e. The molecule has 2 atom stereocenters. The molecule has 1 aliphatic heterocycles. The number of alkyl halides is 3. The number of halogens is 4. The molecule has 3 rings (SSSR count). The van der Waals surface area contributed by atoms with Gasteiger partial charge in [0.15, 0.2) is 11.2 Å². The quantitative estimate of drug-likeness (QED) is 0.787. The zero-order valence-electron chi connectivity index (χ0n) is 14.3. The van der Waals surface area contributed by atoms with Crippen molar-refractivity contribution in [3.05, 3.63) is 65.2 Å². The first-order valence-corrected chi connectivity index (χ1v) is 8.75. The van der Waals surface area contributed by atoms with E-state index in [1.165, 1.54) is 18.3 Å². The van der Waals surface area contributed by atoms with Crippen LogP contribution in [-0.4, -0.2) is 22.2 Å². The highest BCUT2D eigenvalue weighted by Gasteiger charge is 2.47. The van der Waals surface area contributed by atoms with Gasteiger partial charge in [-0.3, -0.25) is 9.78 Å². The lowest BCUT2D eigenvalue weighted by molar-refractivity contribution is -0.149. The maximum absolute atomic E-state index is 13.9. The highest BCUT2D eigenvalue weighted by molar-refractivity contribution is 8.15. The second-order valence-corrected chi connectivity index (χ2v) is 7.58. The van der Waals surface area contributed by atoms with Gasteiger partial charge in [-0.1, -0.05) is 30.0 Å². The van der Waals surface area contributed by atoms with Crippen molar-refractivity contribution in [1.29, 1.82) is 0 Å². The standard InChI is InChI=1S/C18H15F4N3OS/c1-10-9-11(7-8-23-10)17(2)15(26)25-16(27-17)24-14(18(20,21)22)12-5-3-4-6-13(12)19/h3-9,14H,1-2H3,(H,24,25,26)/t14-,17?/m1/s1. The van der Waals surface area contributed by atoms with Gasteiger partial charge < -0.3 is 5.32 Å². The van der Waals surface area contributed by atoms with Gasteiger partial charge in [0.25, 0.3) is 0 Å². The summed E-state index contributed by atoms with van der Waals surface area (Å²) in [5.74, 6) is -1.50. The molecular weight excluding hydrogens is 382 g/mol. The zero-order chi connectivity index (χ0) is 19.8. The summed E-state index contributed by atoms with van der Waals surface area (Å²) in [4.78, 5) is 20.2. The maximum atomic E-state index is 13.9. The Balaban J connectivity index is 1.99. The Labute approximate surface area is 157 Å². The number of rotatable bonds is 3. The molecule has 142 valence electrons. The zero-order valence-corrected chi connectivity index (χ0v) is 15.2. The number of aryl methyl sites for hydroxylation is 1. The van der Waals surface area contributed by atoms with Crippen LogP contribution < -0.4 is 5.32 Å². The molecule has 1 aromatic carbocycles. The number of thioether (sulfide) groups is 1. The summed E-state index contributed by atoms with van der Waals surface area (Å²) >= 11 is 0.867. The van der Waals surface area contributed by atoms with Gasteiger partial charge in [-0.25, -0.2) is 9.38 Å². The maximum Gasteiger partial charge on any atom is 0.415 e. The Morgan fingerprint density at radius 1 is 1.26 bits per heavy atom. The molecule has 4 nitrogen and oxygen atoms in total. The van der Waals surface area contributed by atoms with Crippen molar-refractivity contribution in [3.8, 4) is 0 Å². The number of aliphatic imine (C=N–C) groups is 1. The molecule has 0 aliphatic carbocycles. The summed E-state index contributed by atoms with van der Waals surface area (Å²) in [5.41, 5.74) is 0.671. The van der Waals surface area contributed by atoms with Crippen LogP contribution in [0.15, 0.2) is 47.6 Å². The lowest BCUT2D eigenvalue weighted by Gasteiger charge is -2.20. The van der Waals surface area contributed by atoms with Crippen LogP contribution in [0.4, 0.5) is 17.6 Å². The van der Waals surface area contributed by atoms with Crippen LogP contribution in [0.25, 0.3) is 0 Å². The molecule has 1 amide bonds. The number of hydrogen-bond donors (Lipinski definition) is 1. The Hall–Kier alpha value is -2.42. The molecule has 0 radical (unpaired) electrons. The number of nitrogens with one attached hydrogen (secondary N) is 1. The molecule has 1 aliphatic rings.